The molecule has 18 heavy (non-hydrogen) atoms. The Balaban J connectivity index is 1.94. The van der Waals surface area contributed by atoms with Crippen LogP contribution in [-0.2, 0) is 4.74 Å². The topological polar surface area (TPSA) is 38.7 Å². The van der Waals surface area contributed by atoms with Crippen LogP contribution in [0.4, 0.5) is 0 Å². The fraction of sp³-hybridized carbons (Fsp3) is 0.571. The molecule has 0 bridgehead atoms. The van der Waals surface area contributed by atoms with Crippen molar-refractivity contribution in [3.63, 3.8) is 0 Å². The summed E-state index contributed by atoms with van der Waals surface area (Å²) in [7, 11) is 0. The number of benzene rings is 1. The normalized spacial score (nSPS) is 35.1. The highest BCUT2D eigenvalue weighted by Crippen LogP contribution is 2.45. The van der Waals surface area contributed by atoms with E-state index in [9.17, 15) is 5.11 Å². The first-order valence-electron chi connectivity index (χ1n) is 6.36. The Hall–Kier alpha value is -0.580. The van der Waals surface area contributed by atoms with Crippen LogP contribution in [0, 0.1) is 0 Å². The van der Waals surface area contributed by atoms with Crippen molar-refractivity contribution >= 4 is 15.9 Å². The van der Waals surface area contributed by atoms with Crippen LogP contribution in [0.5, 0.6) is 5.75 Å². The van der Waals surface area contributed by atoms with Gasteiger partial charge >= 0.3 is 0 Å². The molecule has 1 aromatic carbocycles. The van der Waals surface area contributed by atoms with Crippen LogP contribution >= 0.6 is 15.9 Å². The van der Waals surface area contributed by atoms with E-state index in [1.165, 1.54) is 0 Å². The molecule has 3 nitrogen and oxygen atoms in total. The van der Waals surface area contributed by atoms with Gasteiger partial charge in [-0.15, -0.1) is 0 Å². The van der Waals surface area contributed by atoms with E-state index >= 15 is 0 Å². The molecule has 1 N–H and O–H groups in total. The van der Waals surface area contributed by atoms with E-state index < -0.39 is 6.10 Å². The minimum absolute atomic E-state index is 0.194. The highest BCUT2D eigenvalue weighted by molar-refractivity contribution is 9.10. The molecule has 1 spiro atoms. The summed E-state index contributed by atoms with van der Waals surface area (Å²) < 4.78 is 12.8. The van der Waals surface area contributed by atoms with Crippen molar-refractivity contribution in [2.45, 2.75) is 44.0 Å². The Morgan fingerprint density at radius 1 is 1.39 bits per heavy atom. The fourth-order valence-electron chi connectivity index (χ4n) is 3.02. The number of ether oxygens (including phenoxy) is 2. The highest BCUT2D eigenvalue weighted by atomic mass is 79.9. The highest BCUT2D eigenvalue weighted by Gasteiger charge is 2.43. The molecular weight excluding hydrogens is 296 g/mol. The molecule has 1 aromatic rings. The van der Waals surface area contributed by atoms with Gasteiger partial charge in [0.05, 0.1) is 18.8 Å². The van der Waals surface area contributed by atoms with E-state index in [-0.39, 0.29) is 11.7 Å². The summed E-state index contributed by atoms with van der Waals surface area (Å²) in [4.78, 5) is 0. The Labute approximate surface area is 115 Å². The molecule has 0 aromatic heterocycles. The molecule has 4 heteroatoms. The van der Waals surface area contributed by atoms with Crippen LogP contribution in [0.15, 0.2) is 22.7 Å². The van der Waals surface area contributed by atoms with Gasteiger partial charge in [-0.1, -0.05) is 22.0 Å². The number of fused-ring (bicyclic) bond motifs is 1. The summed E-state index contributed by atoms with van der Waals surface area (Å²) in [6.07, 6.45) is 2.11. The lowest BCUT2D eigenvalue weighted by atomic mass is 9.81. The number of hydrogen-bond acceptors (Lipinski definition) is 3. The third-order valence-corrected chi connectivity index (χ3v) is 4.34. The fourth-order valence-corrected chi connectivity index (χ4v) is 3.36. The zero-order valence-electron chi connectivity index (χ0n) is 10.4. The molecule has 1 fully saturated rings. The van der Waals surface area contributed by atoms with Crippen molar-refractivity contribution in [1.82, 2.24) is 0 Å². The van der Waals surface area contributed by atoms with Crippen molar-refractivity contribution in [3.8, 4) is 5.75 Å². The van der Waals surface area contributed by atoms with Gasteiger partial charge in [0, 0.05) is 29.3 Å². The van der Waals surface area contributed by atoms with Crippen LogP contribution in [-0.4, -0.2) is 23.4 Å². The number of aliphatic hydroxyl groups is 1. The summed E-state index contributed by atoms with van der Waals surface area (Å²) >= 11 is 3.45. The van der Waals surface area contributed by atoms with Gasteiger partial charge in [0.2, 0.25) is 0 Å². The first kappa shape index (κ1) is 12.5. The third-order valence-electron chi connectivity index (χ3n) is 3.85. The lowest BCUT2D eigenvalue weighted by Crippen LogP contribution is -2.47. The summed E-state index contributed by atoms with van der Waals surface area (Å²) in [5.41, 5.74) is 0.633. The minimum atomic E-state index is -0.438. The summed E-state index contributed by atoms with van der Waals surface area (Å²) in [6.45, 7) is 2.77. The van der Waals surface area contributed by atoms with Crippen molar-refractivity contribution in [3.05, 3.63) is 28.2 Å². The second-order valence-corrected chi connectivity index (χ2v) is 6.24. The van der Waals surface area contributed by atoms with Crippen LogP contribution in [0.25, 0.3) is 0 Å². The molecule has 3 atom stereocenters. The molecule has 3 rings (SSSR count). The van der Waals surface area contributed by atoms with Crippen molar-refractivity contribution in [2.24, 2.45) is 0 Å². The molecule has 2 heterocycles. The molecular formula is C14H17BrO3. The molecule has 2 unspecified atom stereocenters. The van der Waals surface area contributed by atoms with Gasteiger partial charge in [0.15, 0.2) is 0 Å². The standard InChI is InChI=1S/C14H17BrO3/c1-9-7-14(4-5-17-9)8-12(16)11-3-2-10(15)6-13(11)18-14/h2-3,6,9,12,16H,4-5,7-8H2,1H3/t9?,12-,14?/m0/s1. The predicted molar refractivity (Wildman–Crippen MR) is 71.7 cm³/mol. The molecule has 0 radical (unpaired) electrons. The largest absolute Gasteiger partial charge is 0.487 e. The Bertz CT molecular complexity index is 462. The summed E-state index contributed by atoms with van der Waals surface area (Å²) in [6, 6.07) is 5.81. The maximum atomic E-state index is 10.3. The maximum Gasteiger partial charge on any atom is 0.127 e. The molecule has 0 amide bonds. The van der Waals surface area contributed by atoms with E-state index in [1.807, 2.05) is 18.2 Å². The van der Waals surface area contributed by atoms with E-state index in [1.54, 1.807) is 0 Å². The van der Waals surface area contributed by atoms with E-state index in [4.69, 9.17) is 9.47 Å². The van der Waals surface area contributed by atoms with E-state index in [0.717, 1.165) is 28.6 Å². The van der Waals surface area contributed by atoms with Gasteiger partial charge in [0.1, 0.15) is 11.4 Å². The van der Waals surface area contributed by atoms with Crippen LogP contribution in [0.1, 0.15) is 37.9 Å². The van der Waals surface area contributed by atoms with Crippen LogP contribution in [0.2, 0.25) is 0 Å². The number of aliphatic hydroxyl groups excluding tert-OH is 1. The Morgan fingerprint density at radius 3 is 3.00 bits per heavy atom. The van der Waals surface area contributed by atoms with Gasteiger partial charge in [0.25, 0.3) is 0 Å². The van der Waals surface area contributed by atoms with Crippen LogP contribution < -0.4 is 4.74 Å². The zero-order chi connectivity index (χ0) is 12.8. The SMILES string of the molecule is CC1CC2(CCO1)C[C@H](O)c1ccc(Br)cc1O2. The molecule has 1 saturated heterocycles. The van der Waals surface area contributed by atoms with Gasteiger partial charge < -0.3 is 14.6 Å². The minimum Gasteiger partial charge on any atom is -0.487 e. The Morgan fingerprint density at radius 2 is 2.22 bits per heavy atom. The van der Waals surface area contributed by atoms with Gasteiger partial charge in [-0.3, -0.25) is 0 Å². The van der Waals surface area contributed by atoms with E-state index in [0.29, 0.717) is 13.0 Å². The average Bonchev–Trinajstić information content (AvgIpc) is 2.27. The molecule has 0 aliphatic carbocycles. The Kier molecular flexibility index (Phi) is 3.12. The average molecular weight is 313 g/mol. The van der Waals surface area contributed by atoms with Crippen molar-refractivity contribution in [2.75, 3.05) is 6.61 Å². The smallest absolute Gasteiger partial charge is 0.127 e. The first-order chi connectivity index (χ1) is 8.58. The van der Waals surface area contributed by atoms with Crippen LogP contribution in [0.3, 0.4) is 0 Å². The molecule has 98 valence electrons. The molecule has 2 aliphatic heterocycles. The second kappa shape index (κ2) is 4.51. The number of hydrogen-bond donors (Lipinski definition) is 1. The molecule has 0 saturated carbocycles. The second-order valence-electron chi connectivity index (χ2n) is 5.32. The predicted octanol–water partition coefficient (Wildman–Crippen LogP) is 3.20. The number of halogens is 1. The summed E-state index contributed by atoms with van der Waals surface area (Å²) in [5.74, 6) is 0.803. The lowest BCUT2D eigenvalue weighted by molar-refractivity contribution is -0.111. The quantitative estimate of drug-likeness (QED) is 0.799. The zero-order valence-corrected chi connectivity index (χ0v) is 11.9. The first-order valence-corrected chi connectivity index (χ1v) is 7.15. The number of rotatable bonds is 0. The summed E-state index contributed by atoms with van der Waals surface area (Å²) in [5, 5.41) is 10.3. The van der Waals surface area contributed by atoms with Gasteiger partial charge in [-0.05, 0) is 19.1 Å². The van der Waals surface area contributed by atoms with E-state index in [2.05, 4.69) is 22.9 Å². The van der Waals surface area contributed by atoms with Crippen molar-refractivity contribution < 1.29 is 14.6 Å². The monoisotopic (exact) mass is 312 g/mol. The van der Waals surface area contributed by atoms with Crippen molar-refractivity contribution in [1.29, 1.82) is 0 Å². The van der Waals surface area contributed by atoms with Gasteiger partial charge in [-0.25, -0.2) is 0 Å². The molecule has 2 aliphatic rings. The third kappa shape index (κ3) is 2.17. The van der Waals surface area contributed by atoms with Gasteiger partial charge in [-0.2, -0.15) is 0 Å². The lowest BCUT2D eigenvalue weighted by Gasteiger charge is -2.44. The maximum absolute atomic E-state index is 10.3.